The second kappa shape index (κ2) is 8.43. The summed E-state index contributed by atoms with van der Waals surface area (Å²) in [5.41, 5.74) is 7.90. The molecule has 1 aromatic carbocycles. The Balaban J connectivity index is 2.44. The fraction of sp³-hybridized carbons (Fsp3) is 0.571. The molecule has 0 spiro atoms. The molecule has 0 aliphatic rings. The van der Waals surface area contributed by atoms with E-state index >= 15 is 0 Å². The highest BCUT2D eigenvalue weighted by atomic mass is 32.2. The summed E-state index contributed by atoms with van der Waals surface area (Å²) in [7, 11) is 0. The maximum absolute atomic E-state index is 5.70. The van der Waals surface area contributed by atoms with Crippen LogP contribution in [0.5, 0.6) is 0 Å². The average molecular weight is 252 g/mol. The highest BCUT2D eigenvalue weighted by molar-refractivity contribution is 7.99. The van der Waals surface area contributed by atoms with E-state index in [0.29, 0.717) is 0 Å². The van der Waals surface area contributed by atoms with Crippen LogP contribution in [0.1, 0.15) is 25.8 Å². The van der Waals surface area contributed by atoms with E-state index in [1.807, 2.05) is 23.9 Å². The molecule has 0 amide bonds. The topological polar surface area (TPSA) is 29.3 Å². The van der Waals surface area contributed by atoms with Crippen molar-refractivity contribution < 1.29 is 0 Å². The zero-order valence-corrected chi connectivity index (χ0v) is 11.8. The van der Waals surface area contributed by atoms with Crippen LogP contribution in [-0.4, -0.2) is 29.5 Å². The van der Waals surface area contributed by atoms with Crippen LogP contribution in [-0.2, 0) is 6.54 Å². The summed E-state index contributed by atoms with van der Waals surface area (Å²) in [6.45, 7) is 7.85. The highest BCUT2D eigenvalue weighted by Crippen LogP contribution is 2.10. The molecule has 0 heterocycles. The van der Waals surface area contributed by atoms with E-state index in [-0.39, 0.29) is 0 Å². The summed E-state index contributed by atoms with van der Waals surface area (Å²) in [5.74, 6) is 2.44. The van der Waals surface area contributed by atoms with Gasteiger partial charge in [-0.3, -0.25) is 4.90 Å². The van der Waals surface area contributed by atoms with E-state index in [1.165, 1.54) is 36.6 Å². The van der Waals surface area contributed by atoms with E-state index in [0.717, 1.165) is 12.2 Å². The SMILES string of the molecule is CCCN(CCSCC)Cc1ccc(N)cc1. The van der Waals surface area contributed by atoms with Gasteiger partial charge in [0.15, 0.2) is 0 Å². The van der Waals surface area contributed by atoms with E-state index in [4.69, 9.17) is 5.73 Å². The van der Waals surface area contributed by atoms with Crippen molar-refractivity contribution in [3.8, 4) is 0 Å². The Morgan fingerprint density at radius 2 is 1.82 bits per heavy atom. The predicted octanol–water partition coefficient (Wildman–Crippen LogP) is 3.23. The number of nitrogens with zero attached hydrogens (tertiary/aromatic N) is 1. The lowest BCUT2D eigenvalue weighted by atomic mass is 10.2. The predicted molar refractivity (Wildman–Crippen MR) is 79.4 cm³/mol. The van der Waals surface area contributed by atoms with Crippen molar-refractivity contribution in [3.63, 3.8) is 0 Å². The molecular formula is C14H24N2S. The van der Waals surface area contributed by atoms with Gasteiger partial charge in [0.05, 0.1) is 0 Å². The van der Waals surface area contributed by atoms with Gasteiger partial charge in [-0.15, -0.1) is 0 Å². The lowest BCUT2D eigenvalue weighted by molar-refractivity contribution is 0.283. The summed E-state index contributed by atoms with van der Waals surface area (Å²) in [4.78, 5) is 2.52. The Morgan fingerprint density at radius 1 is 1.12 bits per heavy atom. The van der Waals surface area contributed by atoms with Gasteiger partial charge in [-0.25, -0.2) is 0 Å². The van der Waals surface area contributed by atoms with Crippen LogP contribution < -0.4 is 5.73 Å². The zero-order chi connectivity index (χ0) is 12.5. The van der Waals surface area contributed by atoms with Crippen molar-refractivity contribution in [3.05, 3.63) is 29.8 Å². The van der Waals surface area contributed by atoms with Crippen LogP contribution in [0.2, 0.25) is 0 Å². The normalized spacial score (nSPS) is 11.0. The van der Waals surface area contributed by atoms with Crippen LogP contribution in [0, 0.1) is 0 Å². The number of hydrogen-bond acceptors (Lipinski definition) is 3. The molecule has 0 fully saturated rings. The van der Waals surface area contributed by atoms with Crippen molar-refractivity contribution in [1.82, 2.24) is 4.90 Å². The van der Waals surface area contributed by atoms with Crippen LogP contribution in [0.25, 0.3) is 0 Å². The number of hydrogen-bond donors (Lipinski definition) is 1. The maximum Gasteiger partial charge on any atom is 0.0314 e. The zero-order valence-electron chi connectivity index (χ0n) is 11.0. The van der Waals surface area contributed by atoms with Crippen molar-refractivity contribution in [2.75, 3.05) is 30.3 Å². The summed E-state index contributed by atoms with van der Waals surface area (Å²) < 4.78 is 0. The molecule has 0 bridgehead atoms. The maximum atomic E-state index is 5.70. The average Bonchev–Trinajstić information content (AvgIpc) is 2.32. The van der Waals surface area contributed by atoms with Gasteiger partial charge in [0.1, 0.15) is 0 Å². The third kappa shape index (κ3) is 5.99. The number of thioether (sulfide) groups is 1. The molecule has 3 heteroatoms. The smallest absolute Gasteiger partial charge is 0.0314 e. The lowest BCUT2D eigenvalue weighted by Gasteiger charge is -2.21. The number of nitrogens with two attached hydrogens (primary N) is 1. The van der Waals surface area contributed by atoms with Crippen LogP contribution in [0.15, 0.2) is 24.3 Å². The van der Waals surface area contributed by atoms with Crippen LogP contribution in [0.4, 0.5) is 5.69 Å². The second-order valence-corrected chi connectivity index (χ2v) is 5.61. The molecular weight excluding hydrogens is 228 g/mol. The monoisotopic (exact) mass is 252 g/mol. The minimum absolute atomic E-state index is 0.845. The Bertz CT molecular complexity index is 298. The summed E-state index contributed by atoms with van der Waals surface area (Å²) in [5, 5.41) is 0. The Labute approximate surface area is 110 Å². The van der Waals surface area contributed by atoms with E-state index in [2.05, 4.69) is 30.9 Å². The van der Waals surface area contributed by atoms with Gasteiger partial charge in [0.2, 0.25) is 0 Å². The summed E-state index contributed by atoms with van der Waals surface area (Å²) in [6.07, 6.45) is 1.21. The van der Waals surface area contributed by atoms with Crippen molar-refractivity contribution >= 4 is 17.4 Å². The molecule has 96 valence electrons. The van der Waals surface area contributed by atoms with Gasteiger partial charge < -0.3 is 5.73 Å². The van der Waals surface area contributed by atoms with E-state index in [1.54, 1.807) is 0 Å². The molecule has 0 aliphatic heterocycles. The van der Waals surface area contributed by atoms with Gasteiger partial charge in [-0.2, -0.15) is 11.8 Å². The highest BCUT2D eigenvalue weighted by Gasteiger charge is 2.04. The Morgan fingerprint density at radius 3 is 2.41 bits per heavy atom. The molecule has 0 radical (unpaired) electrons. The first-order valence-electron chi connectivity index (χ1n) is 6.40. The van der Waals surface area contributed by atoms with Gasteiger partial charge in [0.25, 0.3) is 0 Å². The van der Waals surface area contributed by atoms with Gasteiger partial charge in [0, 0.05) is 24.5 Å². The van der Waals surface area contributed by atoms with Crippen LogP contribution >= 0.6 is 11.8 Å². The molecule has 0 unspecified atom stereocenters. The molecule has 0 aliphatic carbocycles. The summed E-state index contributed by atoms with van der Waals surface area (Å²) in [6, 6.07) is 8.23. The largest absolute Gasteiger partial charge is 0.399 e. The molecule has 17 heavy (non-hydrogen) atoms. The number of rotatable bonds is 8. The molecule has 0 atom stereocenters. The fourth-order valence-electron chi connectivity index (χ4n) is 1.81. The first kappa shape index (κ1) is 14.4. The molecule has 0 saturated heterocycles. The number of benzene rings is 1. The van der Waals surface area contributed by atoms with Gasteiger partial charge >= 0.3 is 0 Å². The third-order valence-corrected chi connectivity index (χ3v) is 3.56. The molecule has 1 aromatic rings. The minimum atomic E-state index is 0.845. The Hall–Kier alpha value is -0.670. The van der Waals surface area contributed by atoms with E-state index < -0.39 is 0 Å². The van der Waals surface area contributed by atoms with Gasteiger partial charge in [-0.05, 0) is 36.4 Å². The quantitative estimate of drug-likeness (QED) is 0.569. The third-order valence-electron chi connectivity index (χ3n) is 2.68. The first-order chi connectivity index (χ1) is 8.26. The van der Waals surface area contributed by atoms with E-state index in [9.17, 15) is 0 Å². The van der Waals surface area contributed by atoms with Crippen molar-refractivity contribution in [2.24, 2.45) is 0 Å². The second-order valence-electron chi connectivity index (χ2n) is 4.21. The number of anilines is 1. The Kier molecular flexibility index (Phi) is 7.13. The summed E-state index contributed by atoms with van der Waals surface area (Å²) >= 11 is 2.01. The van der Waals surface area contributed by atoms with Crippen molar-refractivity contribution in [1.29, 1.82) is 0 Å². The molecule has 0 saturated carbocycles. The molecule has 1 rings (SSSR count). The molecule has 2 nitrogen and oxygen atoms in total. The van der Waals surface area contributed by atoms with Gasteiger partial charge in [-0.1, -0.05) is 26.0 Å². The minimum Gasteiger partial charge on any atom is -0.399 e. The molecule has 0 aromatic heterocycles. The standard InChI is InChI=1S/C14H24N2S/c1-3-9-16(10-11-17-4-2)12-13-5-7-14(15)8-6-13/h5-8H,3-4,9-12,15H2,1-2H3. The molecule has 2 N–H and O–H groups in total. The van der Waals surface area contributed by atoms with Crippen molar-refractivity contribution in [2.45, 2.75) is 26.8 Å². The first-order valence-corrected chi connectivity index (χ1v) is 7.56. The number of nitrogen functional groups attached to an aromatic ring is 1. The lowest BCUT2D eigenvalue weighted by Crippen LogP contribution is -2.26. The van der Waals surface area contributed by atoms with Crippen LogP contribution in [0.3, 0.4) is 0 Å². The fourth-order valence-corrected chi connectivity index (χ4v) is 2.48.